The molecule has 5 rings (SSSR count). The second-order valence-electron chi connectivity index (χ2n) is 7.98. The summed E-state index contributed by atoms with van der Waals surface area (Å²) in [5.41, 5.74) is 3.31. The molecule has 3 heterocycles. The smallest absolute Gasteiger partial charge is 0.144 e. The van der Waals surface area contributed by atoms with E-state index in [0.29, 0.717) is 6.54 Å². The molecule has 1 fully saturated rings. The monoisotopic (exact) mass is 415 g/mol. The number of phenolic OH excluding ortho intramolecular Hbond substituents is 1. The van der Waals surface area contributed by atoms with Crippen molar-refractivity contribution in [1.29, 1.82) is 0 Å². The lowest BCUT2D eigenvalue weighted by atomic mass is 10.0. The number of piperazine rings is 1. The van der Waals surface area contributed by atoms with Crippen molar-refractivity contribution < 1.29 is 9.90 Å². The molecule has 7 heteroatoms. The number of carbonyl (C=O) groups excluding carboxylic acids is 1. The minimum absolute atomic E-state index is 0.282. The number of allylic oxidation sites excluding steroid dienone is 1. The van der Waals surface area contributed by atoms with Crippen molar-refractivity contribution in [3.63, 3.8) is 0 Å². The van der Waals surface area contributed by atoms with Crippen molar-refractivity contribution in [1.82, 2.24) is 14.9 Å². The fourth-order valence-electron chi connectivity index (χ4n) is 4.59. The van der Waals surface area contributed by atoms with Gasteiger partial charge in [-0.2, -0.15) is 0 Å². The zero-order valence-electron chi connectivity index (χ0n) is 17.3. The molecule has 0 radical (unpaired) electrons. The van der Waals surface area contributed by atoms with E-state index in [2.05, 4.69) is 30.7 Å². The summed E-state index contributed by atoms with van der Waals surface area (Å²) in [6.07, 6.45) is 6.74. The van der Waals surface area contributed by atoms with Crippen LogP contribution in [0.5, 0.6) is 5.75 Å². The summed E-state index contributed by atoms with van der Waals surface area (Å²) in [6.45, 7) is 5.01. The van der Waals surface area contributed by atoms with Gasteiger partial charge in [0.2, 0.25) is 0 Å². The van der Waals surface area contributed by atoms with Gasteiger partial charge in [0.1, 0.15) is 24.2 Å². The maximum Gasteiger partial charge on any atom is 0.144 e. The van der Waals surface area contributed by atoms with Crippen LogP contribution in [0.4, 0.5) is 11.5 Å². The summed E-state index contributed by atoms with van der Waals surface area (Å²) in [4.78, 5) is 26.6. The largest absolute Gasteiger partial charge is 0.508 e. The maximum atomic E-state index is 10.6. The van der Waals surface area contributed by atoms with Crippen LogP contribution in [0, 0.1) is 0 Å². The third-order valence-corrected chi connectivity index (χ3v) is 6.14. The number of aromatic nitrogens is 2. The molecular formula is C24H25N5O2. The molecule has 0 unspecified atom stereocenters. The number of benzene rings is 2. The van der Waals surface area contributed by atoms with Crippen LogP contribution in [-0.4, -0.2) is 59.0 Å². The SMILES string of the molecule is O=CC=CN1CCN(c2ncnc3c2CCN(c2cc(O)cc4ccccc24)C3)CC1. The number of hydrogen-bond acceptors (Lipinski definition) is 7. The molecule has 158 valence electrons. The molecule has 0 bridgehead atoms. The highest BCUT2D eigenvalue weighted by Gasteiger charge is 2.26. The van der Waals surface area contributed by atoms with Gasteiger partial charge in [-0.05, 0) is 23.9 Å². The van der Waals surface area contributed by atoms with Crippen LogP contribution in [-0.2, 0) is 17.8 Å². The van der Waals surface area contributed by atoms with Gasteiger partial charge in [-0.25, -0.2) is 9.97 Å². The van der Waals surface area contributed by atoms with Crippen molar-refractivity contribution in [3.05, 3.63) is 66.3 Å². The highest BCUT2D eigenvalue weighted by atomic mass is 16.3. The van der Waals surface area contributed by atoms with Gasteiger partial charge in [0.05, 0.1) is 12.2 Å². The van der Waals surface area contributed by atoms with Crippen molar-refractivity contribution in [3.8, 4) is 5.75 Å². The summed E-state index contributed by atoms with van der Waals surface area (Å²) >= 11 is 0. The van der Waals surface area contributed by atoms with E-state index >= 15 is 0 Å². The Hall–Kier alpha value is -3.61. The molecule has 1 N–H and O–H groups in total. The van der Waals surface area contributed by atoms with Crippen LogP contribution in [0.15, 0.2) is 55.0 Å². The molecule has 1 aromatic heterocycles. The van der Waals surface area contributed by atoms with E-state index in [9.17, 15) is 9.90 Å². The fourth-order valence-corrected chi connectivity index (χ4v) is 4.59. The highest BCUT2D eigenvalue weighted by molar-refractivity contribution is 5.95. The molecular weight excluding hydrogens is 390 g/mol. The second-order valence-corrected chi connectivity index (χ2v) is 7.98. The Morgan fingerprint density at radius 2 is 1.81 bits per heavy atom. The van der Waals surface area contributed by atoms with Crippen LogP contribution in [0.3, 0.4) is 0 Å². The number of hydrogen-bond donors (Lipinski definition) is 1. The number of carbonyl (C=O) groups is 1. The molecule has 2 aliphatic heterocycles. The third-order valence-electron chi connectivity index (χ3n) is 6.14. The standard InChI is InChI=1S/C24H25N5O2/c30-13-3-7-27-9-11-28(12-10-27)24-21-6-8-29(16-22(21)25-17-26-24)23-15-19(31)14-18-4-1-2-5-20(18)23/h1-5,7,13-15,17,31H,6,8-12,16H2. The first kappa shape index (κ1) is 19.4. The Labute approximate surface area is 181 Å². The van der Waals surface area contributed by atoms with Crippen LogP contribution >= 0.6 is 0 Å². The normalized spacial score (nSPS) is 16.7. The van der Waals surface area contributed by atoms with Crippen LogP contribution in [0.1, 0.15) is 11.3 Å². The minimum atomic E-state index is 0.282. The molecule has 7 nitrogen and oxygen atoms in total. The van der Waals surface area contributed by atoms with E-state index in [1.165, 1.54) is 5.56 Å². The molecule has 0 spiro atoms. The zero-order chi connectivity index (χ0) is 21.2. The van der Waals surface area contributed by atoms with Gasteiger partial charge in [-0.15, -0.1) is 0 Å². The summed E-state index contributed by atoms with van der Waals surface area (Å²) in [7, 11) is 0. The maximum absolute atomic E-state index is 10.6. The Morgan fingerprint density at radius 3 is 2.65 bits per heavy atom. The first-order valence-electron chi connectivity index (χ1n) is 10.6. The van der Waals surface area contributed by atoms with Crippen molar-refractivity contribution in [2.75, 3.05) is 42.5 Å². The van der Waals surface area contributed by atoms with Crippen LogP contribution in [0.2, 0.25) is 0 Å². The quantitative estimate of drug-likeness (QED) is 0.519. The zero-order valence-corrected chi connectivity index (χ0v) is 17.3. The second kappa shape index (κ2) is 8.26. The molecule has 0 aliphatic carbocycles. The van der Waals surface area contributed by atoms with Gasteiger partial charge in [0.15, 0.2) is 0 Å². The molecule has 0 saturated carbocycles. The van der Waals surface area contributed by atoms with E-state index < -0.39 is 0 Å². The molecule has 2 aliphatic rings. The Morgan fingerprint density at radius 1 is 0.968 bits per heavy atom. The van der Waals surface area contributed by atoms with E-state index in [1.807, 2.05) is 30.5 Å². The number of aromatic hydroxyl groups is 1. The van der Waals surface area contributed by atoms with Gasteiger partial charge in [-0.3, -0.25) is 4.79 Å². The van der Waals surface area contributed by atoms with Gasteiger partial charge in [-0.1, -0.05) is 24.3 Å². The lowest BCUT2D eigenvalue weighted by molar-refractivity contribution is -0.104. The number of rotatable bonds is 4. The lowest BCUT2D eigenvalue weighted by Crippen LogP contribution is -2.45. The molecule has 2 aromatic carbocycles. The molecule has 3 aromatic rings. The topological polar surface area (TPSA) is 72.8 Å². The summed E-state index contributed by atoms with van der Waals surface area (Å²) in [5, 5.41) is 12.4. The predicted molar refractivity (Wildman–Crippen MR) is 121 cm³/mol. The highest BCUT2D eigenvalue weighted by Crippen LogP contribution is 2.35. The summed E-state index contributed by atoms with van der Waals surface area (Å²) in [5.74, 6) is 1.31. The average molecular weight is 415 g/mol. The van der Waals surface area contributed by atoms with E-state index in [4.69, 9.17) is 0 Å². The van der Waals surface area contributed by atoms with Crippen molar-refractivity contribution in [2.24, 2.45) is 0 Å². The van der Waals surface area contributed by atoms with Crippen LogP contribution in [0.25, 0.3) is 10.8 Å². The van der Waals surface area contributed by atoms with Crippen molar-refractivity contribution >= 4 is 28.6 Å². The van der Waals surface area contributed by atoms with Crippen LogP contribution < -0.4 is 9.80 Å². The summed E-state index contributed by atoms with van der Waals surface area (Å²) in [6, 6.07) is 11.8. The van der Waals surface area contributed by atoms with Gasteiger partial charge >= 0.3 is 0 Å². The number of fused-ring (bicyclic) bond motifs is 2. The number of nitrogens with zero attached hydrogens (tertiary/aromatic N) is 5. The molecule has 0 amide bonds. The van der Waals surface area contributed by atoms with Gasteiger partial charge in [0, 0.05) is 61.6 Å². The van der Waals surface area contributed by atoms with E-state index in [-0.39, 0.29) is 5.75 Å². The number of aldehydes is 1. The first-order chi connectivity index (χ1) is 15.2. The minimum Gasteiger partial charge on any atom is -0.508 e. The number of phenols is 1. The Balaban J connectivity index is 1.39. The van der Waals surface area contributed by atoms with E-state index in [0.717, 1.165) is 73.4 Å². The lowest BCUT2D eigenvalue weighted by Gasteiger charge is -2.37. The summed E-state index contributed by atoms with van der Waals surface area (Å²) < 4.78 is 0. The average Bonchev–Trinajstić information content (AvgIpc) is 2.82. The van der Waals surface area contributed by atoms with Crippen molar-refractivity contribution in [2.45, 2.75) is 13.0 Å². The molecule has 1 saturated heterocycles. The molecule has 31 heavy (non-hydrogen) atoms. The Bertz CT molecular complexity index is 1140. The fraction of sp³-hybridized carbons (Fsp3) is 0.292. The van der Waals surface area contributed by atoms with Gasteiger partial charge < -0.3 is 19.8 Å². The van der Waals surface area contributed by atoms with Gasteiger partial charge in [0.25, 0.3) is 0 Å². The molecule has 0 atom stereocenters. The first-order valence-corrected chi connectivity index (χ1v) is 10.6. The predicted octanol–water partition coefficient (Wildman–Crippen LogP) is 2.73. The van der Waals surface area contributed by atoms with E-state index in [1.54, 1.807) is 18.5 Å². The number of anilines is 2. The Kier molecular flexibility index (Phi) is 5.16. The third kappa shape index (κ3) is 3.79.